The molecule has 2 aromatic carbocycles. The van der Waals surface area contributed by atoms with Crippen molar-refractivity contribution in [2.75, 3.05) is 6.61 Å². The summed E-state index contributed by atoms with van der Waals surface area (Å²) < 4.78 is 32.7. The van der Waals surface area contributed by atoms with E-state index in [9.17, 15) is 13.2 Å². The van der Waals surface area contributed by atoms with Gasteiger partial charge in [0.25, 0.3) is 10.0 Å². The standard InChI is InChI=1S/C19H19NO4S/c1-2-3-11-24-17-9-10-19-15(13-17)12-16(14-21)20(19)25(22,23)18-7-5-4-6-8-18/h4-10,12-14H,2-3,11H2,1H3. The monoisotopic (exact) mass is 357 g/mol. The molecule has 3 rings (SSSR count). The van der Waals surface area contributed by atoms with Gasteiger partial charge in [-0.05, 0) is 42.8 Å². The number of unbranched alkanes of at least 4 members (excludes halogenated alkanes) is 1. The number of hydrogen-bond donors (Lipinski definition) is 0. The summed E-state index contributed by atoms with van der Waals surface area (Å²) >= 11 is 0. The number of rotatable bonds is 7. The number of aldehydes is 1. The summed E-state index contributed by atoms with van der Waals surface area (Å²) in [5.41, 5.74) is 0.540. The zero-order valence-corrected chi connectivity index (χ0v) is 14.7. The number of fused-ring (bicyclic) bond motifs is 1. The Morgan fingerprint density at radius 3 is 2.52 bits per heavy atom. The maximum absolute atomic E-state index is 13.0. The Labute approximate surface area is 146 Å². The first-order valence-electron chi connectivity index (χ1n) is 8.12. The Hall–Kier alpha value is -2.60. The van der Waals surface area contributed by atoms with E-state index in [2.05, 4.69) is 6.92 Å². The number of nitrogens with zero attached hydrogens (tertiary/aromatic N) is 1. The lowest BCUT2D eigenvalue weighted by molar-refractivity contribution is 0.111. The maximum Gasteiger partial charge on any atom is 0.268 e. The SMILES string of the molecule is CCCCOc1ccc2c(c1)cc(C=O)n2S(=O)(=O)c1ccccc1. The topological polar surface area (TPSA) is 65.4 Å². The molecule has 0 saturated heterocycles. The Morgan fingerprint density at radius 2 is 1.84 bits per heavy atom. The Kier molecular flexibility index (Phi) is 4.90. The predicted molar refractivity (Wildman–Crippen MR) is 96.8 cm³/mol. The van der Waals surface area contributed by atoms with Crippen molar-refractivity contribution < 1.29 is 17.9 Å². The first kappa shape index (κ1) is 17.2. The van der Waals surface area contributed by atoms with E-state index in [4.69, 9.17) is 4.74 Å². The Balaban J connectivity index is 2.10. The van der Waals surface area contributed by atoms with Gasteiger partial charge < -0.3 is 4.74 Å². The third-order valence-corrected chi connectivity index (χ3v) is 5.68. The largest absolute Gasteiger partial charge is 0.494 e. The van der Waals surface area contributed by atoms with Crippen LogP contribution >= 0.6 is 0 Å². The third-order valence-electron chi connectivity index (χ3n) is 3.92. The van der Waals surface area contributed by atoms with Gasteiger partial charge in [0.1, 0.15) is 5.75 Å². The summed E-state index contributed by atoms with van der Waals surface area (Å²) in [4.78, 5) is 11.6. The predicted octanol–water partition coefficient (Wildman–Crippen LogP) is 3.87. The molecule has 0 aliphatic carbocycles. The molecule has 0 aliphatic rings. The van der Waals surface area contributed by atoms with Crippen LogP contribution in [0.25, 0.3) is 10.9 Å². The van der Waals surface area contributed by atoms with Crippen molar-refractivity contribution in [1.82, 2.24) is 3.97 Å². The van der Waals surface area contributed by atoms with Gasteiger partial charge in [0, 0.05) is 5.39 Å². The number of carbonyl (C=O) groups excluding carboxylic acids is 1. The minimum absolute atomic E-state index is 0.0876. The molecule has 0 saturated carbocycles. The molecule has 6 heteroatoms. The van der Waals surface area contributed by atoms with E-state index in [0.29, 0.717) is 29.5 Å². The highest BCUT2D eigenvalue weighted by Gasteiger charge is 2.22. The van der Waals surface area contributed by atoms with Crippen LogP contribution in [0.2, 0.25) is 0 Å². The average Bonchev–Trinajstić information content (AvgIpc) is 3.01. The fraction of sp³-hybridized carbons (Fsp3) is 0.211. The lowest BCUT2D eigenvalue weighted by Gasteiger charge is -2.10. The third kappa shape index (κ3) is 3.30. The molecule has 0 amide bonds. The van der Waals surface area contributed by atoms with Crippen molar-refractivity contribution in [2.45, 2.75) is 24.7 Å². The van der Waals surface area contributed by atoms with Gasteiger partial charge in [-0.3, -0.25) is 4.79 Å². The first-order valence-corrected chi connectivity index (χ1v) is 9.56. The Morgan fingerprint density at radius 1 is 1.08 bits per heavy atom. The highest BCUT2D eigenvalue weighted by Crippen LogP contribution is 2.28. The molecule has 0 unspecified atom stereocenters. The van der Waals surface area contributed by atoms with E-state index in [1.807, 2.05) is 0 Å². The summed E-state index contributed by atoms with van der Waals surface area (Å²) in [7, 11) is -3.85. The second-order valence-electron chi connectivity index (χ2n) is 5.69. The van der Waals surface area contributed by atoms with Crippen LogP contribution in [0.4, 0.5) is 0 Å². The van der Waals surface area contributed by atoms with Gasteiger partial charge >= 0.3 is 0 Å². The van der Waals surface area contributed by atoms with Gasteiger partial charge in [-0.25, -0.2) is 12.4 Å². The van der Waals surface area contributed by atoms with E-state index in [1.165, 1.54) is 12.1 Å². The van der Waals surface area contributed by atoms with Crippen LogP contribution in [0.15, 0.2) is 59.5 Å². The average molecular weight is 357 g/mol. The molecular weight excluding hydrogens is 338 g/mol. The molecule has 0 radical (unpaired) electrons. The molecule has 0 bridgehead atoms. The zero-order chi connectivity index (χ0) is 17.9. The summed E-state index contributed by atoms with van der Waals surface area (Å²) in [6, 6.07) is 14.8. The zero-order valence-electron chi connectivity index (χ0n) is 13.9. The number of aromatic nitrogens is 1. The quantitative estimate of drug-likeness (QED) is 0.476. The smallest absolute Gasteiger partial charge is 0.268 e. The highest BCUT2D eigenvalue weighted by molar-refractivity contribution is 7.90. The minimum Gasteiger partial charge on any atom is -0.494 e. The van der Waals surface area contributed by atoms with E-state index in [-0.39, 0.29) is 10.6 Å². The Bertz CT molecular complexity index is 991. The van der Waals surface area contributed by atoms with Crippen LogP contribution in [0.5, 0.6) is 5.75 Å². The summed E-state index contributed by atoms with van der Waals surface area (Å²) in [6.45, 7) is 2.68. The van der Waals surface area contributed by atoms with E-state index < -0.39 is 10.0 Å². The van der Waals surface area contributed by atoms with Crippen LogP contribution in [0.1, 0.15) is 30.3 Å². The number of hydrogen-bond acceptors (Lipinski definition) is 4. The second-order valence-corrected chi connectivity index (χ2v) is 7.48. The molecule has 0 fully saturated rings. The van der Waals surface area contributed by atoms with Crippen molar-refractivity contribution in [3.8, 4) is 5.75 Å². The molecule has 0 spiro atoms. The highest BCUT2D eigenvalue weighted by atomic mass is 32.2. The van der Waals surface area contributed by atoms with E-state index in [0.717, 1.165) is 16.8 Å². The molecule has 130 valence electrons. The van der Waals surface area contributed by atoms with Crippen LogP contribution in [-0.4, -0.2) is 25.3 Å². The van der Waals surface area contributed by atoms with Crippen molar-refractivity contribution in [1.29, 1.82) is 0 Å². The molecule has 5 nitrogen and oxygen atoms in total. The summed E-state index contributed by atoms with van der Waals surface area (Å²) in [6.07, 6.45) is 2.53. The van der Waals surface area contributed by atoms with Gasteiger partial charge in [-0.15, -0.1) is 0 Å². The number of benzene rings is 2. The summed E-state index contributed by atoms with van der Waals surface area (Å²) in [5, 5.41) is 0.649. The first-order chi connectivity index (χ1) is 12.1. The van der Waals surface area contributed by atoms with E-state index >= 15 is 0 Å². The van der Waals surface area contributed by atoms with Crippen molar-refractivity contribution >= 4 is 27.2 Å². The van der Waals surface area contributed by atoms with Crippen molar-refractivity contribution in [3.05, 3.63) is 60.3 Å². The van der Waals surface area contributed by atoms with Gasteiger partial charge in [0.05, 0.1) is 22.7 Å². The van der Waals surface area contributed by atoms with Crippen molar-refractivity contribution in [3.63, 3.8) is 0 Å². The van der Waals surface area contributed by atoms with Crippen LogP contribution in [-0.2, 0) is 10.0 Å². The van der Waals surface area contributed by atoms with E-state index in [1.54, 1.807) is 42.5 Å². The molecule has 3 aromatic rings. The van der Waals surface area contributed by atoms with Crippen molar-refractivity contribution in [2.24, 2.45) is 0 Å². The molecule has 1 aromatic heterocycles. The van der Waals surface area contributed by atoms with Gasteiger partial charge in [-0.2, -0.15) is 0 Å². The van der Waals surface area contributed by atoms with Crippen LogP contribution in [0, 0.1) is 0 Å². The van der Waals surface area contributed by atoms with Gasteiger partial charge in [0.15, 0.2) is 6.29 Å². The fourth-order valence-corrected chi connectivity index (χ4v) is 4.17. The maximum atomic E-state index is 13.0. The van der Waals surface area contributed by atoms with Crippen LogP contribution < -0.4 is 4.74 Å². The second kappa shape index (κ2) is 7.11. The minimum atomic E-state index is -3.85. The lowest BCUT2D eigenvalue weighted by atomic mass is 10.2. The number of carbonyl (C=O) groups is 1. The number of ether oxygens (including phenoxy) is 1. The molecular formula is C19H19NO4S. The molecule has 1 heterocycles. The molecule has 0 atom stereocenters. The normalized spacial score (nSPS) is 11.6. The molecule has 25 heavy (non-hydrogen) atoms. The lowest BCUT2D eigenvalue weighted by Crippen LogP contribution is -2.15. The van der Waals surface area contributed by atoms with Gasteiger partial charge in [-0.1, -0.05) is 31.5 Å². The van der Waals surface area contributed by atoms with Crippen LogP contribution in [0.3, 0.4) is 0 Å². The molecule has 0 aliphatic heterocycles. The molecule has 0 N–H and O–H groups in total. The fourth-order valence-electron chi connectivity index (χ4n) is 2.66. The van der Waals surface area contributed by atoms with Gasteiger partial charge in [0.2, 0.25) is 0 Å². The summed E-state index contributed by atoms with van der Waals surface area (Å²) in [5.74, 6) is 0.660.